The van der Waals surface area contributed by atoms with Crippen molar-refractivity contribution in [1.29, 1.82) is 0 Å². The number of benzene rings is 1. The zero-order chi connectivity index (χ0) is 11.9. The summed E-state index contributed by atoms with van der Waals surface area (Å²) in [5, 5.41) is 20.3. The first-order chi connectivity index (χ1) is 7.52. The lowest BCUT2D eigenvalue weighted by Crippen LogP contribution is -2.07. The van der Waals surface area contributed by atoms with Crippen molar-refractivity contribution in [2.24, 2.45) is 0 Å². The van der Waals surface area contributed by atoms with E-state index in [-0.39, 0.29) is 11.0 Å². The number of fused-ring (bicyclic) bond motifs is 1. The predicted molar refractivity (Wildman–Crippen MR) is 55.5 cm³/mol. The lowest BCUT2D eigenvalue weighted by Gasteiger charge is -2.02. The Bertz CT molecular complexity index is 643. The Labute approximate surface area is 88.9 Å². The maximum Gasteiger partial charge on any atom is 0.419 e. The molecular formula is C10H7NO5. The van der Waals surface area contributed by atoms with E-state index in [4.69, 9.17) is 4.42 Å². The average molecular weight is 221 g/mol. The van der Waals surface area contributed by atoms with Gasteiger partial charge < -0.3 is 9.52 Å². The highest BCUT2D eigenvalue weighted by Gasteiger charge is 2.24. The standard InChI is InChI=1S/C10H7NO5/c1-5-3-2-4-6-8(12)7(11(14)15)10(13)16-9(5)6/h2-4,12H,1H3. The van der Waals surface area contributed by atoms with Crippen LogP contribution in [0.3, 0.4) is 0 Å². The van der Waals surface area contributed by atoms with Gasteiger partial charge in [-0.1, -0.05) is 12.1 Å². The summed E-state index contributed by atoms with van der Waals surface area (Å²) in [5.74, 6) is -0.653. The molecule has 1 aromatic carbocycles. The predicted octanol–water partition coefficient (Wildman–Crippen LogP) is 1.72. The fourth-order valence-corrected chi connectivity index (χ4v) is 1.50. The summed E-state index contributed by atoms with van der Waals surface area (Å²) >= 11 is 0. The van der Waals surface area contributed by atoms with Crippen LogP contribution in [-0.4, -0.2) is 10.0 Å². The van der Waals surface area contributed by atoms with Crippen LogP contribution in [0.25, 0.3) is 11.0 Å². The molecule has 0 atom stereocenters. The first-order valence-corrected chi connectivity index (χ1v) is 4.42. The molecule has 0 saturated carbocycles. The minimum Gasteiger partial charge on any atom is -0.501 e. The first-order valence-electron chi connectivity index (χ1n) is 4.42. The number of para-hydroxylation sites is 1. The summed E-state index contributed by atoms with van der Waals surface area (Å²) in [5.41, 5.74) is -1.29. The van der Waals surface area contributed by atoms with E-state index < -0.39 is 22.0 Å². The quantitative estimate of drug-likeness (QED) is 0.449. The minimum atomic E-state index is -1.15. The maximum absolute atomic E-state index is 11.3. The molecule has 0 aliphatic carbocycles. The minimum absolute atomic E-state index is 0.159. The highest BCUT2D eigenvalue weighted by Crippen LogP contribution is 2.31. The van der Waals surface area contributed by atoms with Crippen molar-refractivity contribution < 1.29 is 14.4 Å². The zero-order valence-electron chi connectivity index (χ0n) is 8.26. The number of rotatable bonds is 1. The average Bonchev–Trinajstić information content (AvgIpc) is 2.19. The molecular weight excluding hydrogens is 214 g/mol. The third kappa shape index (κ3) is 1.31. The Kier molecular flexibility index (Phi) is 2.12. The molecule has 0 unspecified atom stereocenters. The van der Waals surface area contributed by atoms with Crippen LogP contribution in [0, 0.1) is 17.0 Å². The van der Waals surface area contributed by atoms with Gasteiger partial charge in [-0.15, -0.1) is 0 Å². The maximum atomic E-state index is 11.3. The molecule has 1 N–H and O–H groups in total. The van der Waals surface area contributed by atoms with Crippen LogP contribution in [-0.2, 0) is 0 Å². The molecule has 2 aromatic rings. The van der Waals surface area contributed by atoms with Gasteiger partial charge in [-0.3, -0.25) is 10.1 Å². The number of nitro groups is 1. The van der Waals surface area contributed by atoms with Gasteiger partial charge in [-0.05, 0) is 18.6 Å². The van der Waals surface area contributed by atoms with E-state index in [1.54, 1.807) is 19.1 Å². The van der Waals surface area contributed by atoms with Crippen molar-refractivity contribution in [3.8, 4) is 5.75 Å². The molecule has 0 aliphatic heterocycles. The van der Waals surface area contributed by atoms with E-state index in [0.29, 0.717) is 5.56 Å². The molecule has 82 valence electrons. The molecule has 0 amide bonds. The summed E-state index contributed by atoms with van der Waals surface area (Å²) < 4.78 is 4.81. The second-order valence-corrected chi connectivity index (χ2v) is 3.30. The molecule has 0 radical (unpaired) electrons. The van der Waals surface area contributed by atoms with Gasteiger partial charge in [0.25, 0.3) is 0 Å². The molecule has 16 heavy (non-hydrogen) atoms. The van der Waals surface area contributed by atoms with Crippen LogP contribution < -0.4 is 5.63 Å². The van der Waals surface area contributed by atoms with Crippen LogP contribution in [0.2, 0.25) is 0 Å². The van der Waals surface area contributed by atoms with Gasteiger partial charge in [-0.2, -0.15) is 0 Å². The number of aromatic hydroxyl groups is 1. The molecule has 6 heteroatoms. The Balaban J connectivity index is 3.01. The lowest BCUT2D eigenvalue weighted by atomic mass is 10.1. The topological polar surface area (TPSA) is 93.6 Å². The van der Waals surface area contributed by atoms with Crippen molar-refractivity contribution in [1.82, 2.24) is 0 Å². The van der Waals surface area contributed by atoms with Crippen LogP contribution in [0.5, 0.6) is 5.75 Å². The molecule has 2 rings (SSSR count). The molecule has 0 spiro atoms. The normalized spacial score (nSPS) is 10.6. The number of nitrogens with zero attached hydrogens (tertiary/aromatic N) is 1. The third-order valence-corrected chi connectivity index (χ3v) is 2.26. The molecule has 0 saturated heterocycles. The van der Waals surface area contributed by atoms with Gasteiger partial charge in [-0.25, -0.2) is 4.79 Å². The summed E-state index contributed by atoms with van der Waals surface area (Å²) in [6, 6.07) is 4.74. The highest BCUT2D eigenvalue weighted by atomic mass is 16.6. The molecule has 1 heterocycles. The summed E-state index contributed by atoms with van der Waals surface area (Å²) in [6.07, 6.45) is 0. The largest absolute Gasteiger partial charge is 0.501 e. The number of hydrogen-bond acceptors (Lipinski definition) is 5. The van der Waals surface area contributed by atoms with Gasteiger partial charge in [0.2, 0.25) is 5.75 Å². The van der Waals surface area contributed by atoms with Crippen LogP contribution >= 0.6 is 0 Å². The highest BCUT2D eigenvalue weighted by molar-refractivity contribution is 5.88. The van der Waals surface area contributed by atoms with Gasteiger partial charge in [0.15, 0.2) is 0 Å². The monoisotopic (exact) mass is 221 g/mol. The van der Waals surface area contributed by atoms with E-state index in [9.17, 15) is 20.0 Å². The Morgan fingerprint density at radius 3 is 2.75 bits per heavy atom. The van der Waals surface area contributed by atoms with E-state index in [0.717, 1.165) is 0 Å². The Morgan fingerprint density at radius 2 is 2.12 bits per heavy atom. The van der Waals surface area contributed by atoms with Crippen molar-refractivity contribution >= 4 is 16.7 Å². The van der Waals surface area contributed by atoms with E-state index in [1.807, 2.05) is 0 Å². The van der Waals surface area contributed by atoms with Crippen LogP contribution in [0.15, 0.2) is 27.4 Å². The second kappa shape index (κ2) is 3.34. The molecule has 0 aliphatic rings. The Hall–Kier alpha value is -2.37. The fourth-order valence-electron chi connectivity index (χ4n) is 1.50. The van der Waals surface area contributed by atoms with Crippen LogP contribution in [0.4, 0.5) is 5.69 Å². The summed E-state index contributed by atoms with van der Waals surface area (Å²) in [6.45, 7) is 1.68. The van der Waals surface area contributed by atoms with Crippen molar-refractivity contribution in [2.45, 2.75) is 6.92 Å². The number of aryl methyl sites for hydroxylation is 1. The van der Waals surface area contributed by atoms with E-state index in [2.05, 4.69) is 0 Å². The fraction of sp³-hybridized carbons (Fsp3) is 0.100. The summed E-state index contributed by atoms with van der Waals surface area (Å²) in [4.78, 5) is 20.9. The SMILES string of the molecule is Cc1cccc2c(O)c([N+](=O)[O-])c(=O)oc12. The Morgan fingerprint density at radius 1 is 1.44 bits per heavy atom. The second-order valence-electron chi connectivity index (χ2n) is 3.30. The van der Waals surface area contributed by atoms with E-state index >= 15 is 0 Å². The van der Waals surface area contributed by atoms with E-state index in [1.165, 1.54) is 6.07 Å². The van der Waals surface area contributed by atoms with Gasteiger partial charge in [0.1, 0.15) is 5.58 Å². The zero-order valence-corrected chi connectivity index (χ0v) is 8.26. The number of hydrogen-bond donors (Lipinski definition) is 1. The van der Waals surface area contributed by atoms with Gasteiger partial charge in [0.05, 0.1) is 10.3 Å². The lowest BCUT2D eigenvalue weighted by molar-refractivity contribution is -0.388. The van der Waals surface area contributed by atoms with Crippen LogP contribution in [0.1, 0.15) is 5.56 Å². The van der Waals surface area contributed by atoms with Crippen molar-refractivity contribution in [3.63, 3.8) is 0 Å². The third-order valence-electron chi connectivity index (χ3n) is 2.26. The molecule has 0 fully saturated rings. The molecule has 1 aromatic heterocycles. The summed E-state index contributed by atoms with van der Waals surface area (Å²) in [7, 11) is 0. The first kappa shape index (κ1) is 10.2. The van der Waals surface area contributed by atoms with Crippen molar-refractivity contribution in [3.05, 3.63) is 44.3 Å². The molecule has 0 bridgehead atoms. The van der Waals surface area contributed by atoms with Gasteiger partial charge >= 0.3 is 11.3 Å². The smallest absolute Gasteiger partial charge is 0.419 e. The molecule has 6 nitrogen and oxygen atoms in total. The van der Waals surface area contributed by atoms with Gasteiger partial charge in [0, 0.05) is 0 Å². The van der Waals surface area contributed by atoms with Crippen molar-refractivity contribution in [2.75, 3.05) is 0 Å².